The van der Waals surface area contributed by atoms with Crippen molar-refractivity contribution in [2.24, 2.45) is 5.84 Å². The van der Waals surface area contributed by atoms with E-state index >= 15 is 0 Å². The van der Waals surface area contributed by atoms with Crippen LogP contribution in [-0.4, -0.2) is 31.2 Å². The van der Waals surface area contributed by atoms with Crippen LogP contribution < -0.4 is 16.2 Å². The van der Waals surface area contributed by atoms with Crippen molar-refractivity contribution in [2.45, 2.75) is 18.9 Å². The van der Waals surface area contributed by atoms with E-state index in [1.165, 1.54) is 6.07 Å². The van der Waals surface area contributed by atoms with Crippen LogP contribution in [-0.2, 0) is 4.74 Å². The summed E-state index contributed by atoms with van der Waals surface area (Å²) >= 11 is 0. The van der Waals surface area contributed by atoms with Crippen LogP contribution in [0.25, 0.3) is 0 Å². The summed E-state index contributed by atoms with van der Waals surface area (Å²) in [6, 6.07) is 4.80. The summed E-state index contributed by atoms with van der Waals surface area (Å²) in [5.41, 5.74) is 3.82. The molecular formula is C12H18N4O3. The van der Waals surface area contributed by atoms with Crippen LogP contribution in [0.3, 0.4) is 0 Å². The van der Waals surface area contributed by atoms with E-state index in [-0.39, 0.29) is 11.8 Å². The molecule has 2 rings (SSSR count). The molecule has 1 aliphatic rings. The Morgan fingerprint density at radius 2 is 2.32 bits per heavy atom. The van der Waals surface area contributed by atoms with Gasteiger partial charge >= 0.3 is 0 Å². The first-order valence-corrected chi connectivity index (χ1v) is 6.18. The number of nitrogens with two attached hydrogens (primary N) is 1. The monoisotopic (exact) mass is 266 g/mol. The molecule has 0 amide bonds. The van der Waals surface area contributed by atoms with E-state index in [0.717, 1.165) is 31.6 Å². The van der Waals surface area contributed by atoms with Gasteiger partial charge in [-0.05, 0) is 18.9 Å². The standard InChI is InChI=1S/C12H18N4O3/c1-19-12-3-2-4-15(8-12)10-5-9(14-13)6-11(7-10)16(17)18/h5-7,12,14H,2-4,8,13H2,1H3. The summed E-state index contributed by atoms with van der Waals surface area (Å²) in [6.07, 6.45) is 2.19. The van der Waals surface area contributed by atoms with Gasteiger partial charge in [0.2, 0.25) is 0 Å². The third-order valence-corrected chi connectivity index (χ3v) is 3.36. The number of anilines is 2. The van der Waals surface area contributed by atoms with Crippen LogP contribution in [0.2, 0.25) is 0 Å². The van der Waals surface area contributed by atoms with Gasteiger partial charge in [0.25, 0.3) is 5.69 Å². The average molecular weight is 266 g/mol. The predicted octanol–water partition coefficient (Wildman–Crippen LogP) is 1.50. The minimum absolute atomic E-state index is 0.0324. The van der Waals surface area contributed by atoms with E-state index in [2.05, 4.69) is 10.3 Å². The first-order chi connectivity index (χ1) is 9.13. The lowest BCUT2D eigenvalue weighted by Crippen LogP contribution is -2.39. The number of nitrogen functional groups attached to an aromatic ring is 1. The van der Waals surface area contributed by atoms with Gasteiger partial charge in [-0.2, -0.15) is 0 Å². The largest absolute Gasteiger partial charge is 0.380 e. The van der Waals surface area contributed by atoms with Gasteiger partial charge in [-0.15, -0.1) is 0 Å². The second-order valence-electron chi connectivity index (χ2n) is 4.59. The molecule has 0 aliphatic carbocycles. The number of rotatable bonds is 4. The molecule has 0 radical (unpaired) electrons. The zero-order valence-electron chi connectivity index (χ0n) is 10.8. The van der Waals surface area contributed by atoms with Crippen LogP contribution in [0.15, 0.2) is 18.2 Å². The number of nitrogens with zero attached hydrogens (tertiary/aromatic N) is 2. The number of nitrogens with one attached hydrogen (secondary N) is 1. The molecule has 0 bridgehead atoms. The Morgan fingerprint density at radius 3 is 2.95 bits per heavy atom. The summed E-state index contributed by atoms with van der Waals surface area (Å²) < 4.78 is 5.36. The molecule has 1 aliphatic heterocycles. The Balaban J connectivity index is 2.27. The first kappa shape index (κ1) is 13.6. The van der Waals surface area contributed by atoms with Crippen LogP contribution in [0.4, 0.5) is 17.1 Å². The fourth-order valence-electron chi connectivity index (χ4n) is 2.33. The summed E-state index contributed by atoms with van der Waals surface area (Å²) in [7, 11) is 1.69. The van der Waals surface area contributed by atoms with Gasteiger partial charge < -0.3 is 15.1 Å². The number of hydrogen-bond acceptors (Lipinski definition) is 6. The number of nitro benzene ring substituents is 1. The number of non-ortho nitro benzene ring substituents is 1. The molecule has 0 aromatic heterocycles. The molecule has 7 heteroatoms. The van der Waals surface area contributed by atoms with Gasteiger partial charge in [0.05, 0.1) is 16.7 Å². The maximum Gasteiger partial charge on any atom is 0.273 e. The quantitative estimate of drug-likeness (QED) is 0.487. The molecular weight excluding hydrogens is 248 g/mol. The van der Waals surface area contributed by atoms with Gasteiger partial charge in [-0.3, -0.25) is 16.0 Å². The summed E-state index contributed by atoms with van der Waals surface area (Å²) in [6.45, 7) is 1.60. The summed E-state index contributed by atoms with van der Waals surface area (Å²) in [5, 5.41) is 10.9. The number of benzene rings is 1. The second-order valence-corrected chi connectivity index (χ2v) is 4.59. The first-order valence-electron chi connectivity index (χ1n) is 6.18. The Morgan fingerprint density at radius 1 is 1.53 bits per heavy atom. The molecule has 19 heavy (non-hydrogen) atoms. The Bertz CT molecular complexity index is 466. The lowest BCUT2D eigenvalue weighted by atomic mass is 10.1. The van der Waals surface area contributed by atoms with Crippen molar-refractivity contribution in [1.29, 1.82) is 0 Å². The number of piperidine rings is 1. The zero-order valence-corrected chi connectivity index (χ0v) is 10.8. The molecule has 1 aromatic carbocycles. The molecule has 1 fully saturated rings. The van der Waals surface area contributed by atoms with Crippen molar-refractivity contribution in [3.05, 3.63) is 28.3 Å². The van der Waals surface area contributed by atoms with Gasteiger partial charge in [0, 0.05) is 38.0 Å². The SMILES string of the molecule is COC1CCCN(c2cc(NN)cc([N+](=O)[O-])c2)C1. The topological polar surface area (TPSA) is 93.7 Å². The number of nitro groups is 1. The Kier molecular flexibility index (Phi) is 4.18. The highest BCUT2D eigenvalue weighted by Gasteiger charge is 2.21. The summed E-state index contributed by atoms with van der Waals surface area (Å²) in [5.74, 6) is 5.35. The van der Waals surface area contributed by atoms with Crippen molar-refractivity contribution in [3.8, 4) is 0 Å². The van der Waals surface area contributed by atoms with E-state index in [1.807, 2.05) is 6.07 Å². The molecule has 1 saturated heterocycles. The van der Waals surface area contributed by atoms with Crippen LogP contribution >= 0.6 is 0 Å². The summed E-state index contributed by atoms with van der Waals surface area (Å²) in [4.78, 5) is 12.6. The van der Waals surface area contributed by atoms with Crippen molar-refractivity contribution in [3.63, 3.8) is 0 Å². The van der Waals surface area contributed by atoms with Gasteiger partial charge in [0.1, 0.15) is 0 Å². The highest BCUT2D eigenvalue weighted by Crippen LogP contribution is 2.28. The van der Waals surface area contributed by atoms with Gasteiger partial charge in [0.15, 0.2) is 0 Å². The number of ether oxygens (including phenoxy) is 1. The van der Waals surface area contributed by atoms with E-state index in [9.17, 15) is 10.1 Å². The predicted molar refractivity (Wildman–Crippen MR) is 73.2 cm³/mol. The minimum atomic E-state index is -0.415. The molecule has 1 heterocycles. The van der Waals surface area contributed by atoms with E-state index in [0.29, 0.717) is 5.69 Å². The van der Waals surface area contributed by atoms with Crippen LogP contribution in [0.1, 0.15) is 12.8 Å². The van der Waals surface area contributed by atoms with Crippen molar-refractivity contribution in [1.82, 2.24) is 0 Å². The van der Waals surface area contributed by atoms with Crippen molar-refractivity contribution in [2.75, 3.05) is 30.5 Å². The fourth-order valence-corrected chi connectivity index (χ4v) is 2.33. The van der Waals surface area contributed by atoms with E-state index < -0.39 is 4.92 Å². The lowest BCUT2D eigenvalue weighted by molar-refractivity contribution is -0.384. The molecule has 1 atom stereocenters. The van der Waals surface area contributed by atoms with Gasteiger partial charge in [-0.1, -0.05) is 0 Å². The molecule has 1 aromatic rings. The fraction of sp³-hybridized carbons (Fsp3) is 0.500. The average Bonchev–Trinajstić information content (AvgIpc) is 2.46. The second kappa shape index (κ2) is 5.85. The Labute approximate surface area is 111 Å². The third kappa shape index (κ3) is 3.12. The number of hydrogen-bond donors (Lipinski definition) is 2. The maximum absolute atomic E-state index is 10.9. The van der Waals surface area contributed by atoms with E-state index in [4.69, 9.17) is 10.6 Å². The number of methoxy groups -OCH3 is 1. The van der Waals surface area contributed by atoms with Crippen LogP contribution in [0, 0.1) is 10.1 Å². The molecule has 0 saturated carbocycles. The highest BCUT2D eigenvalue weighted by molar-refractivity contribution is 5.64. The van der Waals surface area contributed by atoms with Crippen LogP contribution in [0.5, 0.6) is 0 Å². The van der Waals surface area contributed by atoms with Crippen molar-refractivity contribution >= 4 is 17.1 Å². The van der Waals surface area contributed by atoms with Gasteiger partial charge in [-0.25, -0.2) is 0 Å². The molecule has 104 valence electrons. The lowest BCUT2D eigenvalue weighted by Gasteiger charge is -2.33. The van der Waals surface area contributed by atoms with E-state index in [1.54, 1.807) is 13.2 Å². The molecule has 3 N–H and O–H groups in total. The normalized spacial score (nSPS) is 19.3. The highest BCUT2D eigenvalue weighted by atomic mass is 16.6. The molecule has 1 unspecified atom stereocenters. The molecule has 0 spiro atoms. The maximum atomic E-state index is 10.9. The van der Waals surface area contributed by atoms with Crippen molar-refractivity contribution < 1.29 is 9.66 Å². The molecule has 7 nitrogen and oxygen atoms in total. The third-order valence-electron chi connectivity index (χ3n) is 3.36. The number of hydrazine groups is 1. The minimum Gasteiger partial charge on any atom is -0.380 e. The Hall–Kier alpha value is -1.86. The zero-order chi connectivity index (χ0) is 13.8. The smallest absolute Gasteiger partial charge is 0.273 e.